The molecule has 0 aliphatic carbocycles. The first-order chi connectivity index (χ1) is 14.6. The molecular formula is C23H26N4O3. The highest BCUT2D eigenvalue weighted by Crippen LogP contribution is 2.18. The first-order valence-electron chi connectivity index (χ1n) is 10.3. The van der Waals surface area contributed by atoms with Crippen LogP contribution >= 0.6 is 0 Å². The Hall–Kier alpha value is -3.19. The minimum absolute atomic E-state index is 0.0764. The third-order valence-corrected chi connectivity index (χ3v) is 5.32. The number of amides is 2. The molecule has 1 saturated heterocycles. The molecule has 1 atom stereocenters. The smallest absolute Gasteiger partial charge is 0.249 e. The lowest BCUT2D eigenvalue weighted by atomic mass is 10.2. The van der Waals surface area contributed by atoms with Crippen LogP contribution in [0.15, 0.2) is 48.5 Å². The molecular weight excluding hydrogens is 380 g/mol. The SMILES string of the molecule is Cc1ccccc1NC(=O)Cn1c(CCNC(=O)C2CCCO2)nc2ccccc21. The summed E-state index contributed by atoms with van der Waals surface area (Å²) >= 11 is 0. The van der Waals surface area contributed by atoms with Gasteiger partial charge in [-0.3, -0.25) is 9.59 Å². The van der Waals surface area contributed by atoms with E-state index >= 15 is 0 Å². The second-order valence-corrected chi connectivity index (χ2v) is 7.51. The minimum Gasteiger partial charge on any atom is -0.368 e. The second-order valence-electron chi connectivity index (χ2n) is 7.51. The maximum Gasteiger partial charge on any atom is 0.249 e. The number of hydrogen-bond donors (Lipinski definition) is 2. The quantitative estimate of drug-likeness (QED) is 0.632. The van der Waals surface area contributed by atoms with Gasteiger partial charge in [0.05, 0.1) is 11.0 Å². The van der Waals surface area contributed by atoms with Crippen molar-refractivity contribution in [2.75, 3.05) is 18.5 Å². The van der Waals surface area contributed by atoms with E-state index in [1.807, 2.05) is 60.0 Å². The highest BCUT2D eigenvalue weighted by atomic mass is 16.5. The van der Waals surface area contributed by atoms with E-state index in [0.717, 1.165) is 41.0 Å². The van der Waals surface area contributed by atoms with Gasteiger partial charge in [-0.2, -0.15) is 0 Å². The summed E-state index contributed by atoms with van der Waals surface area (Å²) in [6.07, 6.45) is 1.88. The highest BCUT2D eigenvalue weighted by molar-refractivity contribution is 5.92. The van der Waals surface area contributed by atoms with Gasteiger partial charge in [0.2, 0.25) is 11.8 Å². The summed E-state index contributed by atoms with van der Waals surface area (Å²) in [5.41, 5.74) is 3.55. The standard InChI is InChI=1S/C23H26N4O3/c1-16-7-2-3-8-17(16)26-22(28)15-27-19-10-5-4-9-18(19)25-21(27)12-13-24-23(29)20-11-6-14-30-20/h2-5,7-10,20H,6,11-15H2,1H3,(H,24,29)(H,26,28). The normalized spacial score (nSPS) is 16.0. The number of anilines is 1. The predicted molar refractivity (Wildman–Crippen MR) is 115 cm³/mol. The zero-order valence-electron chi connectivity index (χ0n) is 17.1. The number of fused-ring (bicyclic) bond motifs is 1. The van der Waals surface area contributed by atoms with Gasteiger partial charge in [-0.05, 0) is 43.5 Å². The van der Waals surface area contributed by atoms with Crippen LogP contribution in [0.2, 0.25) is 0 Å². The van der Waals surface area contributed by atoms with Crippen LogP contribution in [0.3, 0.4) is 0 Å². The lowest BCUT2D eigenvalue weighted by molar-refractivity contribution is -0.130. The molecule has 2 amide bonds. The Morgan fingerprint density at radius 3 is 2.77 bits per heavy atom. The number of aromatic nitrogens is 2. The zero-order chi connectivity index (χ0) is 20.9. The van der Waals surface area contributed by atoms with Crippen molar-refractivity contribution in [1.29, 1.82) is 0 Å². The van der Waals surface area contributed by atoms with E-state index in [2.05, 4.69) is 15.6 Å². The highest BCUT2D eigenvalue weighted by Gasteiger charge is 2.23. The van der Waals surface area contributed by atoms with E-state index < -0.39 is 0 Å². The first kappa shape index (κ1) is 20.1. The van der Waals surface area contributed by atoms with Gasteiger partial charge >= 0.3 is 0 Å². The summed E-state index contributed by atoms with van der Waals surface area (Å²) in [7, 11) is 0. The van der Waals surface area contributed by atoms with Crippen LogP contribution in [0.4, 0.5) is 5.69 Å². The van der Waals surface area contributed by atoms with Crippen LogP contribution in [-0.2, 0) is 27.3 Å². The zero-order valence-corrected chi connectivity index (χ0v) is 17.1. The maximum atomic E-state index is 12.7. The maximum absolute atomic E-state index is 12.7. The fraction of sp³-hybridized carbons (Fsp3) is 0.348. The van der Waals surface area contributed by atoms with E-state index in [4.69, 9.17) is 4.74 Å². The Kier molecular flexibility index (Phi) is 6.09. The summed E-state index contributed by atoms with van der Waals surface area (Å²) in [4.78, 5) is 29.6. The second kappa shape index (κ2) is 9.09. The van der Waals surface area contributed by atoms with Crippen LogP contribution in [0.1, 0.15) is 24.2 Å². The van der Waals surface area contributed by atoms with Crippen molar-refractivity contribution in [2.24, 2.45) is 0 Å². The van der Waals surface area contributed by atoms with E-state index in [1.54, 1.807) is 0 Å². The molecule has 1 aliphatic heterocycles. The van der Waals surface area contributed by atoms with E-state index in [9.17, 15) is 9.59 Å². The van der Waals surface area contributed by atoms with Gasteiger partial charge in [0.25, 0.3) is 0 Å². The van der Waals surface area contributed by atoms with E-state index in [-0.39, 0.29) is 24.5 Å². The molecule has 2 N–H and O–H groups in total. The Balaban J connectivity index is 1.46. The number of imidazole rings is 1. The fourth-order valence-electron chi connectivity index (χ4n) is 3.73. The number of rotatable bonds is 7. The average molecular weight is 406 g/mol. The topological polar surface area (TPSA) is 85.2 Å². The lowest BCUT2D eigenvalue weighted by Crippen LogP contribution is -2.35. The molecule has 7 heteroatoms. The molecule has 2 aromatic carbocycles. The molecule has 0 bridgehead atoms. The van der Waals surface area contributed by atoms with Gasteiger partial charge in [-0.1, -0.05) is 30.3 Å². The van der Waals surface area contributed by atoms with Crippen molar-refractivity contribution >= 4 is 28.5 Å². The van der Waals surface area contributed by atoms with Crippen molar-refractivity contribution in [2.45, 2.75) is 38.8 Å². The molecule has 1 fully saturated rings. The molecule has 1 aliphatic rings. The van der Waals surface area contributed by atoms with Gasteiger partial charge < -0.3 is 19.9 Å². The van der Waals surface area contributed by atoms with Crippen LogP contribution in [0.5, 0.6) is 0 Å². The molecule has 0 radical (unpaired) electrons. The number of nitrogens with one attached hydrogen (secondary N) is 2. The Morgan fingerprint density at radius 1 is 1.17 bits per heavy atom. The number of hydrogen-bond acceptors (Lipinski definition) is 4. The van der Waals surface area contributed by atoms with Crippen LogP contribution in [0, 0.1) is 6.92 Å². The predicted octanol–water partition coefficient (Wildman–Crippen LogP) is 2.82. The van der Waals surface area contributed by atoms with Crippen LogP contribution < -0.4 is 10.6 Å². The summed E-state index contributed by atoms with van der Waals surface area (Å²) in [6.45, 7) is 3.21. The Bertz CT molecular complexity index is 1050. The van der Waals surface area contributed by atoms with Crippen molar-refractivity contribution in [3.8, 4) is 0 Å². The Morgan fingerprint density at radius 2 is 1.97 bits per heavy atom. The fourth-order valence-corrected chi connectivity index (χ4v) is 3.73. The van der Waals surface area contributed by atoms with Crippen molar-refractivity contribution in [3.63, 3.8) is 0 Å². The number of ether oxygens (including phenoxy) is 1. The largest absolute Gasteiger partial charge is 0.368 e. The summed E-state index contributed by atoms with van der Waals surface area (Å²) in [5.74, 6) is 0.577. The summed E-state index contributed by atoms with van der Waals surface area (Å²) in [6, 6.07) is 15.4. The third-order valence-electron chi connectivity index (χ3n) is 5.32. The number of para-hydroxylation sites is 3. The molecule has 2 heterocycles. The van der Waals surface area contributed by atoms with E-state index in [0.29, 0.717) is 19.6 Å². The lowest BCUT2D eigenvalue weighted by Gasteiger charge is -2.13. The average Bonchev–Trinajstić information content (AvgIpc) is 3.39. The van der Waals surface area contributed by atoms with Crippen LogP contribution in [0.25, 0.3) is 11.0 Å². The minimum atomic E-state index is -0.344. The molecule has 0 spiro atoms. The number of carbonyl (C=O) groups excluding carboxylic acids is 2. The molecule has 1 aromatic heterocycles. The number of carbonyl (C=O) groups is 2. The molecule has 0 saturated carbocycles. The van der Waals surface area contributed by atoms with Gasteiger partial charge in [0, 0.05) is 25.3 Å². The molecule has 1 unspecified atom stereocenters. The van der Waals surface area contributed by atoms with Crippen molar-refractivity contribution in [3.05, 3.63) is 59.9 Å². The molecule has 4 rings (SSSR count). The van der Waals surface area contributed by atoms with Gasteiger partial charge in [-0.25, -0.2) is 4.98 Å². The molecule has 30 heavy (non-hydrogen) atoms. The first-order valence-corrected chi connectivity index (χ1v) is 10.3. The molecule has 7 nitrogen and oxygen atoms in total. The van der Waals surface area contributed by atoms with Gasteiger partial charge in [0.1, 0.15) is 18.5 Å². The third kappa shape index (κ3) is 4.52. The van der Waals surface area contributed by atoms with E-state index in [1.165, 1.54) is 0 Å². The monoisotopic (exact) mass is 406 g/mol. The molecule has 3 aromatic rings. The van der Waals surface area contributed by atoms with Crippen molar-refractivity contribution < 1.29 is 14.3 Å². The van der Waals surface area contributed by atoms with Gasteiger partial charge in [-0.15, -0.1) is 0 Å². The summed E-state index contributed by atoms with van der Waals surface area (Å²) < 4.78 is 7.34. The number of nitrogens with zero attached hydrogens (tertiary/aromatic N) is 2. The van der Waals surface area contributed by atoms with Crippen molar-refractivity contribution in [1.82, 2.24) is 14.9 Å². The number of aryl methyl sites for hydroxylation is 1. The van der Waals surface area contributed by atoms with Crippen LogP contribution in [-0.4, -0.2) is 40.6 Å². The summed E-state index contributed by atoms with van der Waals surface area (Å²) in [5, 5.41) is 5.91. The molecule has 156 valence electrons. The number of benzene rings is 2. The van der Waals surface area contributed by atoms with Gasteiger partial charge in [0.15, 0.2) is 0 Å². The Labute approximate surface area is 175 Å².